The van der Waals surface area contributed by atoms with Crippen molar-refractivity contribution in [2.24, 2.45) is 0 Å². The molecule has 2 N–H and O–H groups in total. The van der Waals surface area contributed by atoms with Crippen LogP contribution in [0.5, 0.6) is 0 Å². The van der Waals surface area contributed by atoms with Gasteiger partial charge >= 0.3 is 0 Å². The zero-order chi connectivity index (χ0) is 13.9. The lowest BCUT2D eigenvalue weighted by molar-refractivity contribution is 0.127. The average Bonchev–Trinajstić information content (AvgIpc) is 2.76. The first-order valence-electron chi connectivity index (χ1n) is 7.22. The maximum atomic E-state index is 10.7. The fourth-order valence-corrected chi connectivity index (χ4v) is 3.39. The fourth-order valence-electron chi connectivity index (χ4n) is 2.94. The van der Waals surface area contributed by atoms with Crippen molar-refractivity contribution in [3.8, 4) is 0 Å². The normalized spacial score (nSPS) is 21.6. The summed E-state index contributed by atoms with van der Waals surface area (Å²) in [6.07, 6.45) is 5.92. The summed E-state index contributed by atoms with van der Waals surface area (Å²) in [5, 5.41) is 15.3. The van der Waals surface area contributed by atoms with Gasteiger partial charge in [0.05, 0.1) is 11.6 Å². The number of nitrogens with zero attached hydrogens (tertiary/aromatic N) is 1. The number of aliphatic hydroxyl groups is 1. The van der Waals surface area contributed by atoms with Gasteiger partial charge in [0, 0.05) is 27.7 Å². The standard InChI is InChI=1S/C16H19BrN2O/c17-13-8-7-12(15-11(13)5-4-10-19-15)16(20)14-6-2-1-3-9-18-14/h4-5,7-8,10,14,16,18,20H,1-3,6,9H2. The molecule has 3 rings (SSSR count). The van der Waals surface area contributed by atoms with Crippen LogP contribution in [0.25, 0.3) is 10.9 Å². The maximum Gasteiger partial charge on any atom is 0.0963 e. The topological polar surface area (TPSA) is 45.2 Å². The third kappa shape index (κ3) is 2.73. The van der Waals surface area contributed by atoms with Gasteiger partial charge in [-0.2, -0.15) is 0 Å². The fraction of sp³-hybridized carbons (Fsp3) is 0.438. The van der Waals surface area contributed by atoms with Gasteiger partial charge in [-0.05, 0) is 31.5 Å². The Kier molecular flexibility index (Phi) is 4.34. The van der Waals surface area contributed by atoms with E-state index in [4.69, 9.17) is 0 Å². The Bertz CT molecular complexity index is 594. The monoisotopic (exact) mass is 334 g/mol. The van der Waals surface area contributed by atoms with E-state index >= 15 is 0 Å². The molecular weight excluding hydrogens is 316 g/mol. The molecule has 1 aromatic heterocycles. The average molecular weight is 335 g/mol. The van der Waals surface area contributed by atoms with E-state index in [0.29, 0.717) is 0 Å². The summed E-state index contributed by atoms with van der Waals surface area (Å²) < 4.78 is 1.02. The summed E-state index contributed by atoms with van der Waals surface area (Å²) in [7, 11) is 0. The van der Waals surface area contributed by atoms with Crippen LogP contribution in [-0.2, 0) is 0 Å². The molecule has 4 heteroatoms. The lowest BCUT2D eigenvalue weighted by Gasteiger charge is -2.23. The Morgan fingerprint density at radius 3 is 3.05 bits per heavy atom. The van der Waals surface area contributed by atoms with Crippen LogP contribution in [0.15, 0.2) is 34.9 Å². The van der Waals surface area contributed by atoms with Gasteiger partial charge in [-0.1, -0.05) is 40.9 Å². The second kappa shape index (κ2) is 6.20. The molecule has 0 saturated carbocycles. The molecule has 0 amide bonds. The number of halogens is 1. The van der Waals surface area contributed by atoms with Crippen molar-refractivity contribution in [3.63, 3.8) is 0 Å². The van der Waals surface area contributed by atoms with E-state index in [1.807, 2.05) is 24.3 Å². The quantitative estimate of drug-likeness (QED) is 0.882. The number of aliphatic hydroxyl groups excluding tert-OH is 1. The lowest BCUT2D eigenvalue weighted by atomic mass is 9.96. The predicted octanol–water partition coefficient (Wildman–Crippen LogP) is 3.56. The highest BCUT2D eigenvalue weighted by atomic mass is 79.9. The summed E-state index contributed by atoms with van der Waals surface area (Å²) in [5.74, 6) is 0. The number of pyridine rings is 1. The van der Waals surface area contributed by atoms with Crippen LogP contribution in [0, 0.1) is 0 Å². The largest absolute Gasteiger partial charge is 0.387 e. The minimum Gasteiger partial charge on any atom is -0.387 e. The first-order chi connectivity index (χ1) is 9.77. The zero-order valence-electron chi connectivity index (χ0n) is 11.3. The molecule has 2 heterocycles. The smallest absolute Gasteiger partial charge is 0.0963 e. The summed E-state index contributed by atoms with van der Waals surface area (Å²) in [5.41, 5.74) is 1.81. The Hall–Kier alpha value is -0.970. The lowest BCUT2D eigenvalue weighted by Crippen LogP contribution is -2.34. The number of nitrogens with one attached hydrogen (secondary N) is 1. The van der Waals surface area contributed by atoms with Crippen LogP contribution in [0.4, 0.5) is 0 Å². The van der Waals surface area contributed by atoms with Gasteiger partial charge in [-0.15, -0.1) is 0 Å². The minimum atomic E-state index is -0.501. The second-order valence-corrected chi connectivity index (χ2v) is 6.25. The molecule has 20 heavy (non-hydrogen) atoms. The zero-order valence-corrected chi connectivity index (χ0v) is 12.9. The third-order valence-electron chi connectivity index (χ3n) is 4.05. The molecule has 1 saturated heterocycles. The molecule has 3 nitrogen and oxygen atoms in total. The third-order valence-corrected chi connectivity index (χ3v) is 4.74. The van der Waals surface area contributed by atoms with Crippen LogP contribution < -0.4 is 5.32 Å². The Morgan fingerprint density at radius 2 is 2.15 bits per heavy atom. The van der Waals surface area contributed by atoms with E-state index in [9.17, 15) is 5.11 Å². The summed E-state index contributed by atoms with van der Waals surface area (Å²) in [4.78, 5) is 4.46. The van der Waals surface area contributed by atoms with Gasteiger partial charge in [0.2, 0.25) is 0 Å². The molecule has 1 aliphatic rings. The molecule has 0 aliphatic carbocycles. The molecule has 0 spiro atoms. The first-order valence-corrected chi connectivity index (χ1v) is 8.01. The molecule has 2 unspecified atom stereocenters. The van der Waals surface area contributed by atoms with Gasteiger partial charge in [0.15, 0.2) is 0 Å². The van der Waals surface area contributed by atoms with E-state index in [0.717, 1.165) is 33.9 Å². The van der Waals surface area contributed by atoms with Gasteiger partial charge in [0.1, 0.15) is 0 Å². The van der Waals surface area contributed by atoms with Crippen molar-refractivity contribution in [2.75, 3.05) is 6.54 Å². The Labute approximate surface area is 127 Å². The number of hydrogen-bond donors (Lipinski definition) is 2. The molecule has 2 aromatic rings. The number of hydrogen-bond acceptors (Lipinski definition) is 3. The number of fused-ring (bicyclic) bond motifs is 1. The molecule has 0 bridgehead atoms. The second-order valence-electron chi connectivity index (χ2n) is 5.39. The van der Waals surface area contributed by atoms with Crippen LogP contribution in [-0.4, -0.2) is 22.7 Å². The van der Waals surface area contributed by atoms with Crippen molar-refractivity contribution in [2.45, 2.75) is 37.8 Å². The minimum absolute atomic E-state index is 0.129. The summed E-state index contributed by atoms with van der Waals surface area (Å²) in [6, 6.07) is 8.07. The molecule has 106 valence electrons. The van der Waals surface area contributed by atoms with E-state index in [1.54, 1.807) is 6.20 Å². The van der Waals surface area contributed by atoms with Gasteiger partial charge < -0.3 is 10.4 Å². The first kappa shape index (κ1) is 14.0. The highest BCUT2D eigenvalue weighted by molar-refractivity contribution is 9.10. The maximum absolute atomic E-state index is 10.7. The van der Waals surface area contributed by atoms with E-state index in [-0.39, 0.29) is 6.04 Å². The molecule has 1 aliphatic heterocycles. The van der Waals surface area contributed by atoms with Gasteiger partial charge in [0.25, 0.3) is 0 Å². The van der Waals surface area contributed by atoms with Crippen LogP contribution >= 0.6 is 15.9 Å². The number of rotatable bonds is 2. The van der Waals surface area contributed by atoms with Crippen molar-refractivity contribution >= 4 is 26.8 Å². The Balaban J connectivity index is 1.98. The van der Waals surface area contributed by atoms with Crippen molar-refractivity contribution in [1.82, 2.24) is 10.3 Å². The van der Waals surface area contributed by atoms with Gasteiger partial charge in [-0.3, -0.25) is 4.98 Å². The SMILES string of the molecule is OC(c1ccc(Br)c2cccnc12)C1CCCCCN1. The van der Waals surface area contributed by atoms with E-state index in [2.05, 4.69) is 26.2 Å². The highest BCUT2D eigenvalue weighted by Gasteiger charge is 2.24. The highest BCUT2D eigenvalue weighted by Crippen LogP contribution is 2.31. The van der Waals surface area contributed by atoms with Crippen LogP contribution in [0.3, 0.4) is 0 Å². The van der Waals surface area contributed by atoms with Crippen molar-refractivity contribution in [1.29, 1.82) is 0 Å². The van der Waals surface area contributed by atoms with Gasteiger partial charge in [-0.25, -0.2) is 0 Å². The summed E-state index contributed by atoms with van der Waals surface area (Å²) >= 11 is 3.55. The summed E-state index contributed by atoms with van der Waals surface area (Å²) in [6.45, 7) is 0.990. The van der Waals surface area contributed by atoms with E-state index < -0.39 is 6.10 Å². The van der Waals surface area contributed by atoms with Crippen molar-refractivity contribution in [3.05, 3.63) is 40.5 Å². The molecule has 2 atom stereocenters. The number of aromatic nitrogens is 1. The Morgan fingerprint density at radius 1 is 1.25 bits per heavy atom. The molecule has 0 radical (unpaired) electrons. The predicted molar refractivity (Wildman–Crippen MR) is 84.7 cm³/mol. The molecular formula is C16H19BrN2O. The van der Waals surface area contributed by atoms with Crippen molar-refractivity contribution < 1.29 is 5.11 Å². The van der Waals surface area contributed by atoms with E-state index in [1.165, 1.54) is 19.3 Å². The molecule has 1 aromatic carbocycles. The van der Waals surface area contributed by atoms with Crippen LogP contribution in [0.1, 0.15) is 37.4 Å². The molecule has 1 fully saturated rings. The number of benzene rings is 1. The van der Waals surface area contributed by atoms with Crippen LogP contribution in [0.2, 0.25) is 0 Å².